The van der Waals surface area contributed by atoms with E-state index in [0.29, 0.717) is 16.5 Å². The number of carbonyl (C=O) groups is 1. The summed E-state index contributed by atoms with van der Waals surface area (Å²) in [6.45, 7) is 0. The van der Waals surface area contributed by atoms with Crippen LogP contribution in [0.25, 0.3) is 21.5 Å². The van der Waals surface area contributed by atoms with Gasteiger partial charge in [-0.1, -0.05) is 23.5 Å². The molecule has 2 aromatic heterocycles. The molecule has 0 bridgehead atoms. The van der Waals surface area contributed by atoms with E-state index in [1.165, 1.54) is 17.7 Å². The molecule has 0 fully saturated rings. The molecule has 1 N–H and O–H groups in total. The minimum atomic E-state index is -0.213. The van der Waals surface area contributed by atoms with Crippen LogP contribution in [0.2, 0.25) is 0 Å². The van der Waals surface area contributed by atoms with Crippen LogP contribution in [0.15, 0.2) is 59.5 Å². The van der Waals surface area contributed by atoms with E-state index in [4.69, 9.17) is 9.15 Å². The molecular formula is C18H13N3O3S. The molecule has 0 unspecified atom stereocenters. The number of ether oxygens (including phenoxy) is 1. The Bertz CT molecular complexity index is 1020. The number of anilines is 1. The number of thiazole rings is 1. The first kappa shape index (κ1) is 15.3. The van der Waals surface area contributed by atoms with E-state index in [1.807, 2.05) is 30.3 Å². The van der Waals surface area contributed by atoms with Crippen LogP contribution < -0.4 is 10.1 Å². The van der Waals surface area contributed by atoms with Crippen molar-refractivity contribution < 1.29 is 13.9 Å². The summed E-state index contributed by atoms with van der Waals surface area (Å²) in [5, 5.41) is 3.38. The highest BCUT2D eigenvalue weighted by Crippen LogP contribution is 2.29. The van der Waals surface area contributed by atoms with Crippen LogP contribution in [0.1, 0.15) is 10.4 Å². The van der Waals surface area contributed by atoms with Crippen molar-refractivity contribution >= 4 is 32.6 Å². The second-order valence-electron chi connectivity index (χ2n) is 5.25. The minimum Gasteiger partial charge on any atom is -0.497 e. The summed E-state index contributed by atoms with van der Waals surface area (Å²) < 4.78 is 11.4. The molecule has 1 amide bonds. The molecule has 0 aliphatic heterocycles. The molecule has 124 valence electrons. The van der Waals surface area contributed by atoms with Gasteiger partial charge in [0.1, 0.15) is 5.75 Å². The van der Waals surface area contributed by atoms with E-state index in [0.717, 1.165) is 21.5 Å². The third-order valence-electron chi connectivity index (χ3n) is 3.68. The molecule has 4 aromatic rings. The van der Waals surface area contributed by atoms with E-state index in [9.17, 15) is 4.79 Å². The van der Waals surface area contributed by atoms with Crippen molar-refractivity contribution in [3.8, 4) is 17.1 Å². The number of amides is 1. The molecule has 0 radical (unpaired) electrons. The Morgan fingerprint density at radius 3 is 2.76 bits per heavy atom. The topological polar surface area (TPSA) is 77.2 Å². The van der Waals surface area contributed by atoms with Gasteiger partial charge in [-0.05, 0) is 30.3 Å². The van der Waals surface area contributed by atoms with Crippen LogP contribution in [-0.2, 0) is 0 Å². The van der Waals surface area contributed by atoms with Crippen LogP contribution in [0.5, 0.6) is 5.75 Å². The number of benzene rings is 2. The molecule has 0 atom stereocenters. The maximum atomic E-state index is 12.4. The third kappa shape index (κ3) is 3.09. The average Bonchev–Trinajstić information content (AvgIpc) is 3.30. The van der Waals surface area contributed by atoms with Crippen LogP contribution in [0.4, 0.5) is 5.13 Å². The molecule has 2 heterocycles. The average molecular weight is 351 g/mol. The molecule has 2 aromatic carbocycles. The lowest BCUT2D eigenvalue weighted by molar-refractivity contribution is 0.102. The minimum absolute atomic E-state index is 0.213. The number of fused-ring (bicyclic) bond motifs is 1. The number of hydrogen-bond acceptors (Lipinski definition) is 6. The van der Waals surface area contributed by atoms with Crippen LogP contribution in [0, 0.1) is 0 Å². The van der Waals surface area contributed by atoms with Gasteiger partial charge in [0.2, 0.25) is 0 Å². The summed E-state index contributed by atoms with van der Waals surface area (Å²) in [4.78, 5) is 20.7. The Labute approximate surface area is 147 Å². The van der Waals surface area contributed by atoms with Crippen LogP contribution >= 0.6 is 11.3 Å². The standard InChI is InChI=1S/C18H13N3O3S/c1-23-13-6-7-14-16(8-13)25-18(20-14)21-17(22)12-4-2-11(3-5-12)15-9-19-10-24-15/h2-10H,1H3,(H,20,21,22). The summed E-state index contributed by atoms with van der Waals surface area (Å²) in [5.74, 6) is 1.21. The summed E-state index contributed by atoms with van der Waals surface area (Å²) in [5.41, 5.74) is 2.23. The number of nitrogens with zero attached hydrogens (tertiary/aromatic N) is 2. The van der Waals surface area contributed by atoms with Gasteiger partial charge < -0.3 is 9.15 Å². The molecule has 0 aliphatic carbocycles. The van der Waals surface area contributed by atoms with Gasteiger partial charge in [-0.3, -0.25) is 10.1 Å². The van der Waals surface area contributed by atoms with Crippen molar-refractivity contribution in [3.05, 3.63) is 60.6 Å². The van der Waals surface area contributed by atoms with E-state index in [-0.39, 0.29) is 5.91 Å². The van der Waals surface area contributed by atoms with Gasteiger partial charge in [0.25, 0.3) is 5.91 Å². The molecule has 0 aliphatic rings. The van der Waals surface area contributed by atoms with Crippen molar-refractivity contribution in [2.45, 2.75) is 0 Å². The fourth-order valence-corrected chi connectivity index (χ4v) is 3.29. The molecule has 7 heteroatoms. The van der Waals surface area contributed by atoms with Crippen molar-refractivity contribution in [1.29, 1.82) is 0 Å². The first-order valence-electron chi connectivity index (χ1n) is 7.48. The lowest BCUT2D eigenvalue weighted by Crippen LogP contribution is -2.11. The predicted octanol–water partition coefficient (Wildman–Crippen LogP) is 4.21. The Kier molecular flexibility index (Phi) is 3.91. The van der Waals surface area contributed by atoms with Gasteiger partial charge in [0.05, 0.1) is 23.5 Å². The number of nitrogens with one attached hydrogen (secondary N) is 1. The van der Waals surface area contributed by atoms with Gasteiger partial charge in [-0.25, -0.2) is 9.97 Å². The van der Waals surface area contributed by atoms with Crippen molar-refractivity contribution in [2.24, 2.45) is 0 Å². The zero-order valence-corrected chi connectivity index (χ0v) is 14.0. The maximum absolute atomic E-state index is 12.4. The monoisotopic (exact) mass is 351 g/mol. The van der Waals surface area contributed by atoms with E-state index in [2.05, 4.69) is 15.3 Å². The zero-order chi connectivity index (χ0) is 17.2. The van der Waals surface area contributed by atoms with Crippen molar-refractivity contribution in [1.82, 2.24) is 9.97 Å². The molecule has 0 saturated heterocycles. The first-order valence-corrected chi connectivity index (χ1v) is 8.29. The predicted molar refractivity (Wildman–Crippen MR) is 96.1 cm³/mol. The quantitative estimate of drug-likeness (QED) is 0.596. The van der Waals surface area contributed by atoms with Crippen LogP contribution in [0.3, 0.4) is 0 Å². The molecule has 0 spiro atoms. The molecule has 6 nitrogen and oxygen atoms in total. The highest BCUT2D eigenvalue weighted by atomic mass is 32.1. The Hall–Kier alpha value is -3.19. The van der Waals surface area contributed by atoms with Crippen LogP contribution in [-0.4, -0.2) is 23.0 Å². The summed E-state index contributed by atoms with van der Waals surface area (Å²) in [7, 11) is 1.62. The lowest BCUT2D eigenvalue weighted by Gasteiger charge is -2.02. The fraction of sp³-hybridized carbons (Fsp3) is 0.0556. The normalized spacial score (nSPS) is 10.8. The van der Waals surface area contributed by atoms with E-state index >= 15 is 0 Å². The number of hydrogen-bond donors (Lipinski definition) is 1. The Balaban J connectivity index is 1.53. The number of oxazole rings is 1. The fourth-order valence-electron chi connectivity index (χ4n) is 2.40. The number of carbonyl (C=O) groups excluding carboxylic acids is 1. The second-order valence-corrected chi connectivity index (χ2v) is 6.28. The molecular weight excluding hydrogens is 338 g/mol. The van der Waals surface area contributed by atoms with Crippen molar-refractivity contribution in [2.75, 3.05) is 12.4 Å². The Morgan fingerprint density at radius 1 is 1.20 bits per heavy atom. The smallest absolute Gasteiger partial charge is 0.257 e. The van der Waals surface area contributed by atoms with Crippen molar-refractivity contribution in [3.63, 3.8) is 0 Å². The van der Waals surface area contributed by atoms with Gasteiger partial charge in [-0.2, -0.15) is 0 Å². The summed E-state index contributed by atoms with van der Waals surface area (Å²) in [6.07, 6.45) is 3.00. The number of methoxy groups -OCH3 is 1. The first-order chi connectivity index (χ1) is 12.2. The molecule has 0 saturated carbocycles. The summed E-state index contributed by atoms with van der Waals surface area (Å²) in [6, 6.07) is 12.7. The second kappa shape index (κ2) is 6.37. The van der Waals surface area contributed by atoms with Gasteiger partial charge in [0.15, 0.2) is 17.3 Å². The lowest BCUT2D eigenvalue weighted by atomic mass is 10.1. The highest BCUT2D eigenvalue weighted by Gasteiger charge is 2.11. The number of aromatic nitrogens is 2. The van der Waals surface area contributed by atoms with E-state index < -0.39 is 0 Å². The third-order valence-corrected chi connectivity index (χ3v) is 4.61. The van der Waals surface area contributed by atoms with Gasteiger partial charge in [0, 0.05) is 11.1 Å². The van der Waals surface area contributed by atoms with Gasteiger partial charge in [-0.15, -0.1) is 0 Å². The molecule has 4 rings (SSSR count). The van der Waals surface area contributed by atoms with E-state index in [1.54, 1.807) is 25.4 Å². The summed E-state index contributed by atoms with van der Waals surface area (Å²) >= 11 is 1.40. The SMILES string of the molecule is COc1ccc2nc(NC(=O)c3ccc(-c4cnco4)cc3)sc2c1. The highest BCUT2D eigenvalue weighted by molar-refractivity contribution is 7.22. The maximum Gasteiger partial charge on any atom is 0.257 e. The number of rotatable bonds is 4. The Morgan fingerprint density at radius 2 is 2.04 bits per heavy atom. The zero-order valence-electron chi connectivity index (χ0n) is 13.2. The van der Waals surface area contributed by atoms with Gasteiger partial charge >= 0.3 is 0 Å². The largest absolute Gasteiger partial charge is 0.497 e. The molecule has 25 heavy (non-hydrogen) atoms.